The van der Waals surface area contributed by atoms with Gasteiger partial charge in [-0.15, -0.1) is 0 Å². The fourth-order valence-corrected chi connectivity index (χ4v) is 3.96. The van der Waals surface area contributed by atoms with E-state index in [2.05, 4.69) is 10.6 Å². The zero-order valence-corrected chi connectivity index (χ0v) is 14.5. The molecular formula is C15H22N4O4S. The van der Waals surface area contributed by atoms with Crippen molar-refractivity contribution >= 4 is 22.0 Å². The van der Waals surface area contributed by atoms with Gasteiger partial charge in [0.25, 0.3) is 0 Å². The summed E-state index contributed by atoms with van der Waals surface area (Å²) in [6.07, 6.45) is 0. The lowest BCUT2D eigenvalue weighted by molar-refractivity contribution is -0.125. The number of hydrogen-bond donors (Lipinski definition) is 2. The number of benzene rings is 1. The number of carbonyl (C=O) groups excluding carboxylic acids is 2. The molecule has 1 aromatic carbocycles. The minimum absolute atomic E-state index is 0.267. The molecule has 0 radical (unpaired) electrons. The van der Waals surface area contributed by atoms with Crippen LogP contribution in [0.4, 0.5) is 4.79 Å². The summed E-state index contributed by atoms with van der Waals surface area (Å²) in [6, 6.07) is 7.22. The third kappa shape index (κ3) is 4.11. The first-order valence-corrected chi connectivity index (χ1v) is 9.12. The number of nitrogens with zero attached hydrogens (tertiary/aromatic N) is 2. The van der Waals surface area contributed by atoms with Gasteiger partial charge in [0.05, 0.1) is 10.9 Å². The van der Waals surface area contributed by atoms with E-state index in [1.807, 2.05) is 4.90 Å². The van der Waals surface area contributed by atoms with E-state index in [4.69, 9.17) is 0 Å². The Bertz CT molecular complexity index is 685. The lowest BCUT2D eigenvalue weighted by Gasteiger charge is -2.36. The first-order chi connectivity index (χ1) is 11.4. The molecule has 1 fully saturated rings. The molecule has 1 atom stereocenters. The Hall–Kier alpha value is -1.97. The van der Waals surface area contributed by atoms with Gasteiger partial charge < -0.3 is 5.32 Å². The van der Waals surface area contributed by atoms with Crippen molar-refractivity contribution in [3.63, 3.8) is 0 Å². The maximum absolute atomic E-state index is 12.6. The predicted octanol–water partition coefficient (Wildman–Crippen LogP) is -0.163. The second-order valence-electron chi connectivity index (χ2n) is 5.50. The summed E-state index contributed by atoms with van der Waals surface area (Å²) < 4.78 is 26.5. The fraction of sp³-hybridized carbons (Fsp3) is 0.467. The van der Waals surface area contributed by atoms with Gasteiger partial charge in [-0.3, -0.25) is 15.0 Å². The second-order valence-corrected chi connectivity index (χ2v) is 7.44. The molecule has 1 aliphatic heterocycles. The van der Waals surface area contributed by atoms with E-state index >= 15 is 0 Å². The van der Waals surface area contributed by atoms with Crippen LogP contribution >= 0.6 is 0 Å². The van der Waals surface area contributed by atoms with Crippen molar-refractivity contribution in [1.29, 1.82) is 0 Å². The highest BCUT2D eigenvalue weighted by molar-refractivity contribution is 7.89. The van der Waals surface area contributed by atoms with Gasteiger partial charge in [0, 0.05) is 33.2 Å². The van der Waals surface area contributed by atoms with E-state index in [9.17, 15) is 18.0 Å². The zero-order chi connectivity index (χ0) is 17.7. The number of carbonyl (C=O) groups is 2. The third-order valence-corrected chi connectivity index (χ3v) is 5.96. The van der Waals surface area contributed by atoms with Crippen LogP contribution in [0.1, 0.15) is 6.92 Å². The molecule has 1 aliphatic rings. The molecule has 132 valence electrons. The van der Waals surface area contributed by atoms with Gasteiger partial charge in [-0.25, -0.2) is 13.2 Å². The monoisotopic (exact) mass is 354 g/mol. The highest BCUT2D eigenvalue weighted by Crippen LogP contribution is 2.18. The van der Waals surface area contributed by atoms with Crippen LogP contribution in [0.3, 0.4) is 0 Å². The molecule has 2 N–H and O–H groups in total. The minimum atomic E-state index is -3.51. The summed E-state index contributed by atoms with van der Waals surface area (Å²) in [6.45, 7) is 3.14. The molecule has 24 heavy (non-hydrogen) atoms. The Labute approximate surface area is 141 Å². The molecule has 1 heterocycles. The molecular weight excluding hydrogens is 332 g/mol. The average Bonchev–Trinajstić information content (AvgIpc) is 2.61. The van der Waals surface area contributed by atoms with Gasteiger partial charge in [-0.05, 0) is 19.1 Å². The van der Waals surface area contributed by atoms with Crippen LogP contribution in [0.15, 0.2) is 35.2 Å². The molecule has 1 aromatic rings. The van der Waals surface area contributed by atoms with Crippen LogP contribution in [-0.4, -0.2) is 68.8 Å². The van der Waals surface area contributed by atoms with Crippen LogP contribution in [0.5, 0.6) is 0 Å². The average molecular weight is 354 g/mol. The zero-order valence-electron chi connectivity index (χ0n) is 13.7. The van der Waals surface area contributed by atoms with E-state index in [-0.39, 0.29) is 4.90 Å². The molecule has 0 bridgehead atoms. The fourth-order valence-electron chi connectivity index (χ4n) is 2.52. The maximum atomic E-state index is 12.6. The number of rotatable bonds is 4. The van der Waals surface area contributed by atoms with E-state index in [1.165, 1.54) is 11.4 Å². The van der Waals surface area contributed by atoms with Gasteiger partial charge in [0.1, 0.15) is 0 Å². The van der Waals surface area contributed by atoms with Gasteiger partial charge >= 0.3 is 6.03 Å². The Morgan fingerprint density at radius 2 is 1.67 bits per heavy atom. The Balaban J connectivity index is 1.96. The first-order valence-electron chi connectivity index (χ1n) is 7.68. The maximum Gasteiger partial charge on any atom is 0.321 e. The standard InChI is InChI=1S/C15H22N4O4S/c1-12(14(20)17-15(21)16-2)18-8-10-19(11-9-18)24(22,23)13-6-4-3-5-7-13/h3-7,12H,8-11H2,1-2H3,(H2,16,17,20,21)/t12-/m0/s1. The van der Waals surface area contributed by atoms with Crippen LogP contribution < -0.4 is 10.6 Å². The summed E-state index contributed by atoms with van der Waals surface area (Å²) in [4.78, 5) is 25.3. The van der Waals surface area contributed by atoms with Crippen molar-refractivity contribution in [2.75, 3.05) is 33.2 Å². The first kappa shape index (κ1) is 18.4. The molecule has 0 spiro atoms. The molecule has 8 nitrogen and oxygen atoms in total. The smallest absolute Gasteiger partial charge is 0.321 e. The summed E-state index contributed by atoms with van der Waals surface area (Å²) in [5.74, 6) is -0.409. The number of urea groups is 1. The molecule has 0 aliphatic carbocycles. The normalized spacial score (nSPS) is 17.9. The topological polar surface area (TPSA) is 98.8 Å². The lowest BCUT2D eigenvalue weighted by Crippen LogP contribution is -2.56. The van der Waals surface area contributed by atoms with Crippen LogP contribution in [0.25, 0.3) is 0 Å². The van der Waals surface area contributed by atoms with E-state index in [0.717, 1.165) is 0 Å². The SMILES string of the molecule is CNC(=O)NC(=O)[C@H](C)N1CCN(S(=O)(=O)c2ccccc2)CC1. The third-order valence-electron chi connectivity index (χ3n) is 4.05. The van der Waals surface area contributed by atoms with Gasteiger partial charge in [0.15, 0.2) is 0 Å². The Morgan fingerprint density at radius 1 is 1.08 bits per heavy atom. The second kappa shape index (κ2) is 7.73. The number of piperazine rings is 1. The molecule has 3 amide bonds. The Morgan fingerprint density at radius 3 is 2.21 bits per heavy atom. The van der Waals surface area contributed by atoms with E-state index in [0.29, 0.717) is 26.2 Å². The van der Waals surface area contributed by atoms with Crippen molar-refractivity contribution in [2.24, 2.45) is 0 Å². The highest BCUT2D eigenvalue weighted by atomic mass is 32.2. The van der Waals surface area contributed by atoms with Gasteiger partial charge in [-0.2, -0.15) is 4.31 Å². The minimum Gasteiger partial charge on any atom is -0.341 e. The highest BCUT2D eigenvalue weighted by Gasteiger charge is 2.31. The van der Waals surface area contributed by atoms with Crippen LogP contribution in [0, 0.1) is 0 Å². The molecule has 2 rings (SSSR count). The van der Waals surface area contributed by atoms with Crippen LogP contribution in [0.2, 0.25) is 0 Å². The molecule has 1 saturated heterocycles. The van der Waals surface area contributed by atoms with Crippen molar-refractivity contribution in [1.82, 2.24) is 19.8 Å². The molecule has 0 aromatic heterocycles. The lowest BCUT2D eigenvalue weighted by atomic mass is 10.2. The number of sulfonamides is 1. The van der Waals surface area contributed by atoms with Gasteiger partial charge in [-0.1, -0.05) is 18.2 Å². The summed E-state index contributed by atoms with van der Waals surface area (Å²) in [5.41, 5.74) is 0. The number of nitrogens with one attached hydrogen (secondary N) is 2. The van der Waals surface area contributed by atoms with E-state index < -0.39 is 28.0 Å². The van der Waals surface area contributed by atoms with E-state index in [1.54, 1.807) is 37.3 Å². The predicted molar refractivity (Wildman–Crippen MR) is 88.8 cm³/mol. The molecule has 0 unspecified atom stereocenters. The van der Waals surface area contributed by atoms with Crippen molar-refractivity contribution in [2.45, 2.75) is 17.9 Å². The summed E-state index contributed by atoms with van der Waals surface area (Å²) in [7, 11) is -2.08. The largest absolute Gasteiger partial charge is 0.341 e. The quantitative estimate of drug-likeness (QED) is 0.783. The molecule has 0 saturated carbocycles. The van der Waals surface area contributed by atoms with Gasteiger partial charge in [0.2, 0.25) is 15.9 Å². The van der Waals surface area contributed by atoms with Crippen molar-refractivity contribution in [3.8, 4) is 0 Å². The summed E-state index contributed by atoms with van der Waals surface area (Å²) >= 11 is 0. The number of imide groups is 1. The summed E-state index contributed by atoms with van der Waals surface area (Å²) in [5, 5.41) is 4.55. The van der Waals surface area contributed by atoms with Crippen LogP contribution in [-0.2, 0) is 14.8 Å². The van der Waals surface area contributed by atoms with Crippen molar-refractivity contribution in [3.05, 3.63) is 30.3 Å². The van der Waals surface area contributed by atoms with Crippen molar-refractivity contribution < 1.29 is 18.0 Å². The molecule has 9 heteroatoms. The Kier molecular flexibility index (Phi) is 5.92. The number of hydrogen-bond acceptors (Lipinski definition) is 5. The number of amides is 3.